The zero-order valence-corrected chi connectivity index (χ0v) is 16.2. The molecule has 3 aliphatic rings. The van der Waals surface area contributed by atoms with E-state index in [1.807, 2.05) is 0 Å². The Labute approximate surface area is 166 Å². The van der Waals surface area contributed by atoms with Crippen LogP contribution in [0.2, 0.25) is 0 Å². The molecule has 3 fully saturated rings. The zero-order valence-electron chi connectivity index (χ0n) is 15.4. The number of rotatable bonds is 6. The normalized spacial score (nSPS) is 38.5. The third kappa shape index (κ3) is 7.21. The van der Waals surface area contributed by atoms with E-state index in [1.165, 1.54) is 0 Å². The van der Waals surface area contributed by atoms with Gasteiger partial charge in [0.15, 0.2) is 6.35 Å². The van der Waals surface area contributed by atoms with Crippen LogP contribution in [0.25, 0.3) is 0 Å². The minimum absolute atomic E-state index is 0.0513. The van der Waals surface area contributed by atoms with Crippen molar-refractivity contribution in [1.29, 1.82) is 0 Å². The van der Waals surface area contributed by atoms with E-state index in [0.29, 0.717) is 32.5 Å². The van der Waals surface area contributed by atoms with E-state index in [9.17, 15) is 17.6 Å². The standard InChI is InChI=1S/C16H28ClF4N5O2/c17-11-7-10(1-2-12(11)18)23-14-24-13(22-9-3-5-27-6-4-9)25-15(26-14)28-8-16(19,20)21/h9-15,22-26H,1-8H2. The predicted octanol–water partition coefficient (Wildman–Crippen LogP) is 1.05. The fourth-order valence-corrected chi connectivity index (χ4v) is 3.99. The van der Waals surface area contributed by atoms with Crippen molar-refractivity contribution in [2.75, 3.05) is 19.8 Å². The second-order valence-corrected chi connectivity index (χ2v) is 7.99. The van der Waals surface area contributed by atoms with Crippen LogP contribution in [0.1, 0.15) is 32.1 Å². The molecule has 12 heteroatoms. The minimum Gasteiger partial charge on any atom is -0.381 e. The summed E-state index contributed by atoms with van der Waals surface area (Å²) in [6.45, 7) is -0.0884. The molecule has 2 heterocycles. The van der Waals surface area contributed by atoms with E-state index < -0.39 is 43.3 Å². The molecule has 5 N–H and O–H groups in total. The Morgan fingerprint density at radius 2 is 1.61 bits per heavy atom. The SMILES string of the molecule is FC1CCC(NC2NC(NC3CCOCC3)NC(OCC(F)(F)F)N2)CC1Cl. The zero-order chi connectivity index (χ0) is 20.1. The highest BCUT2D eigenvalue weighted by atomic mass is 35.5. The van der Waals surface area contributed by atoms with Crippen molar-refractivity contribution in [3.63, 3.8) is 0 Å². The summed E-state index contributed by atoms with van der Waals surface area (Å²) in [5.41, 5.74) is 0. The van der Waals surface area contributed by atoms with Crippen LogP contribution in [-0.4, -0.2) is 68.6 Å². The Kier molecular flexibility index (Phi) is 8.14. The van der Waals surface area contributed by atoms with Crippen LogP contribution in [0.3, 0.4) is 0 Å². The Balaban J connectivity index is 1.55. The quantitative estimate of drug-likeness (QED) is 0.316. The summed E-state index contributed by atoms with van der Waals surface area (Å²) in [7, 11) is 0. The minimum atomic E-state index is -4.42. The van der Waals surface area contributed by atoms with Crippen molar-refractivity contribution in [1.82, 2.24) is 26.6 Å². The highest BCUT2D eigenvalue weighted by molar-refractivity contribution is 6.21. The number of halogens is 5. The van der Waals surface area contributed by atoms with E-state index in [-0.39, 0.29) is 12.1 Å². The van der Waals surface area contributed by atoms with Gasteiger partial charge in [-0.1, -0.05) is 0 Å². The number of nitrogens with one attached hydrogen (secondary N) is 5. The molecule has 0 bridgehead atoms. The first-order valence-electron chi connectivity index (χ1n) is 9.63. The summed E-state index contributed by atoms with van der Waals surface area (Å²) in [5, 5.41) is 15.1. The first kappa shape index (κ1) is 22.4. The summed E-state index contributed by atoms with van der Waals surface area (Å²) >= 11 is 6.02. The summed E-state index contributed by atoms with van der Waals surface area (Å²) in [6.07, 6.45) is -4.43. The van der Waals surface area contributed by atoms with Crippen molar-refractivity contribution >= 4 is 11.6 Å². The van der Waals surface area contributed by atoms with Crippen LogP contribution in [0.5, 0.6) is 0 Å². The third-order valence-corrected chi connectivity index (χ3v) is 5.55. The lowest BCUT2D eigenvalue weighted by Gasteiger charge is -2.42. The maximum atomic E-state index is 13.6. The van der Waals surface area contributed by atoms with Gasteiger partial charge in [0.1, 0.15) is 25.4 Å². The van der Waals surface area contributed by atoms with E-state index in [2.05, 4.69) is 26.6 Å². The molecule has 7 nitrogen and oxygen atoms in total. The van der Waals surface area contributed by atoms with E-state index in [0.717, 1.165) is 12.8 Å². The van der Waals surface area contributed by atoms with Gasteiger partial charge in [-0.2, -0.15) is 13.2 Å². The maximum Gasteiger partial charge on any atom is 0.411 e. The van der Waals surface area contributed by atoms with Gasteiger partial charge in [-0.25, -0.2) is 4.39 Å². The van der Waals surface area contributed by atoms with Gasteiger partial charge in [-0.05, 0) is 32.1 Å². The average Bonchev–Trinajstić information content (AvgIpc) is 2.63. The average molecular weight is 434 g/mol. The monoisotopic (exact) mass is 433 g/mol. The van der Waals surface area contributed by atoms with Gasteiger partial charge >= 0.3 is 6.18 Å². The lowest BCUT2D eigenvalue weighted by molar-refractivity contribution is -0.199. The van der Waals surface area contributed by atoms with Crippen molar-refractivity contribution in [3.05, 3.63) is 0 Å². The molecule has 2 saturated heterocycles. The number of ether oxygens (including phenoxy) is 2. The molecule has 0 amide bonds. The molecule has 0 spiro atoms. The Bertz CT molecular complexity index is 486. The summed E-state index contributed by atoms with van der Waals surface area (Å²) in [5.74, 6) is 0. The van der Waals surface area contributed by atoms with Gasteiger partial charge in [0.2, 0.25) is 0 Å². The molecule has 0 aromatic carbocycles. The largest absolute Gasteiger partial charge is 0.411 e. The van der Waals surface area contributed by atoms with Crippen molar-refractivity contribution in [2.24, 2.45) is 0 Å². The highest BCUT2D eigenvalue weighted by Gasteiger charge is 2.36. The fourth-order valence-electron chi connectivity index (χ4n) is 3.65. The molecule has 28 heavy (non-hydrogen) atoms. The van der Waals surface area contributed by atoms with Gasteiger partial charge in [-0.3, -0.25) is 26.6 Å². The molecular formula is C16H28ClF4N5O2. The maximum absolute atomic E-state index is 13.6. The highest BCUT2D eigenvalue weighted by Crippen LogP contribution is 2.26. The van der Waals surface area contributed by atoms with Crippen LogP contribution >= 0.6 is 11.6 Å². The van der Waals surface area contributed by atoms with Crippen molar-refractivity contribution < 1.29 is 27.0 Å². The topological polar surface area (TPSA) is 78.6 Å². The van der Waals surface area contributed by atoms with Gasteiger partial charge in [0, 0.05) is 25.3 Å². The molecule has 164 valence electrons. The van der Waals surface area contributed by atoms with Gasteiger partial charge in [0.05, 0.1) is 5.38 Å². The third-order valence-electron chi connectivity index (χ3n) is 5.10. The first-order chi connectivity index (χ1) is 13.3. The molecule has 0 aromatic heterocycles. The molecule has 0 radical (unpaired) electrons. The Hall–Kier alpha value is -0.270. The predicted molar refractivity (Wildman–Crippen MR) is 95.1 cm³/mol. The number of hydrogen-bond donors (Lipinski definition) is 5. The molecule has 1 saturated carbocycles. The Morgan fingerprint density at radius 1 is 0.964 bits per heavy atom. The molecular weight excluding hydrogens is 406 g/mol. The van der Waals surface area contributed by atoms with Gasteiger partial charge in [-0.15, -0.1) is 11.6 Å². The number of hydrogen-bond acceptors (Lipinski definition) is 7. The lowest BCUT2D eigenvalue weighted by atomic mass is 9.93. The molecule has 6 atom stereocenters. The summed E-state index contributed by atoms with van der Waals surface area (Å²) in [4.78, 5) is 0. The van der Waals surface area contributed by atoms with Crippen molar-refractivity contribution in [3.8, 4) is 0 Å². The molecule has 3 rings (SSSR count). The second-order valence-electron chi connectivity index (χ2n) is 7.43. The van der Waals surface area contributed by atoms with E-state index in [1.54, 1.807) is 0 Å². The number of alkyl halides is 5. The lowest BCUT2D eigenvalue weighted by Crippen LogP contribution is -2.76. The van der Waals surface area contributed by atoms with Gasteiger partial charge in [0.25, 0.3) is 0 Å². The van der Waals surface area contributed by atoms with Crippen LogP contribution < -0.4 is 26.6 Å². The van der Waals surface area contributed by atoms with Gasteiger partial charge < -0.3 is 9.47 Å². The molecule has 0 aromatic rings. The molecule has 1 aliphatic carbocycles. The fraction of sp³-hybridized carbons (Fsp3) is 1.00. The first-order valence-corrected chi connectivity index (χ1v) is 10.1. The van der Waals surface area contributed by atoms with Crippen molar-refractivity contribution in [2.45, 2.75) is 80.8 Å². The molecule has 2 aliphatic heterocycles. The van der Waals surface area contributed by atoms with Crippen LogP contribution in [0, 0.1) is 0 Å². The van der Waals surface area contributed by atoms with Crippen LogP contribution in [-0.2, 0) is 9.47 Å². The smallest absolute Gasteiger partial charge is 0.381 e. The van der Waals surface area contributed by atoms with E-state index >= 15 is 0 Å². The molecule has 6 unspecified atom stereocenters. The second kappa shape index (κ2) is 10.2. The Morgan fingerprint density at radius 3 is 2.21 bits per heavy atom. The summed E-state index contributed by atoms with van der Waals surface area (Å²) in [6, 6.07) is 0.125. The van der Waals surface area contributed by atoms with Crippen LogP contribution in [0.15, 0.2) is 0 Å². The van der Waals surface area contributed by atoms with Crippen LogP contribution in [0.4, 0.5) is 17.6 Å². The summed E-state index contributed by atoms with van der Waals surface area (Å²) < 4.78 is 61.5. The van der Waals surface area contributed by atoms with E-state index in [4.69, 9.17) is 21.1 Å².